The lowest BCUT2D eigenvalue weighted by molar-refractivity contribution is -0.122. The van der Waals surface area contributed by atoms with E-state index in [2.05, 4.69) is 12.2 Å². The number of carbonyl (C=O) groups excluding carboxylic acids is 1. The highest BCUT2D eigenvalue weighted by Gasteiger charge is 2.12. The van der Waals surface area contributed by atoms with E-state index in [0.717, 1.165) is 25.0 Å². The normalized spacial score (nSPS) is 11.5. The summed E-state index contributed by atoms with van der Waals surface area (Å²) >= 11 is 0. The number of carbonyl (C=O) groups is 1. The average Bonchev–Trinajstić information content (AvgIpc) is 2.43. The van der Waals surface area contributed by atoms with E-state index in [4.69, 9.17) is 10.5 Å². The molecule has 0 saturated carbocycles. The molecule has 1 amide bonds. The zero-order valence-corrected chi connectivity index (χ0v) is 12.8. The van der Waals surface area contributed by atoms with Crippen molar-refractivity contribution in [2.24, 2.45) is 5.73 Å². The molecule has 1 atom stereocenters. The van der Waals surface area contributed by atoms with E-state index in [-0.39, 0.29) is 18.3 Å². The molecule has 1 aromatic carbocycles. The third kappa shape index (κ3) is 8.15. The molecule has 0 heterocycles. The van der Waals surface area contributed by atoms with Crippen LogP contribution >= 0.6 is 12.4 Å². The second-order valence-electron chi connectivity index (χ2n) is 4.55. The fraction of sp³-hybridized carbons (Fsp3) is 0.533. The average molecular weight is 301 g/mol. The molecule has 0 aliphatic carbocycles. The zero-order valence-electron chi connectivity index (χ0n) is 12.0. The van der Waals surface area contributed by atoms with Crippen LogP contribution in [-0.4, -0.2) is 31.7 Å². The first kappa shape index (κ1) is 18.9. The van der Waals surface area contributed by atoms with Gasteiger partial charge in [0.2, 0.25) is 5.91 Å². The highest BCUT2D eigenvalue weighted by Crippen LogP contribution is 2.01. The molecule has 20 heavy (non-hydrogen) atoms. The molecule has 0 bridgehead atoms. The van der Waals surface area contributed by atoms with Crippen LogP contribution in [0.2, 0.25) is 0 Å². The summed E-state index contributed by atoms with van der Waals surface area (Å²) in [6.07, 6.45) is 2.74. The number of rotatable bonds is 9. The Balaban J connectivity index is 0.00000361. The summed E-state index contributed by atoms with van der Waals surface area (Å²) in [5.74, 6) is -0.122. The van der Waals surface area contributed by atoms with Crippen LogP contribution in [0.25, 0.3) is 0 Å². The van der Waals surface area contributed by atoms with Crippen LogP contribution in [0.5, 0.6) is 0 Å². The fourth-order valence-corrected chi connectivity index (χ4v) is 1.69. The first-order valence-corrected chi connectivity index (χ1v) is 6.89. The van der Waals surface area contributed by atoms with Gasteiger partial charge in [0.1, 0.15) is 0 Å². The molecule has 1 aromatic rings. The molecule has 0 saturated heterocycles. The summed E-state index contributed by atoms with van der Waals surface area (Å²) in [7, 11) is 0. The molecule has 0 aliphatic heterocycles. The van der Waals surface area contributed by atoms with Gasteiger partial charge in [-0.1, -0.05) is 43.7 Å². The van der Waals surface area contributed by atoms with E-state index >= 15 is 0 Å². The minimum absolute atomic E-state index is 0. The fourth-order valence-electron chi connectivity index (χ4n) is 1.69. The predicted octanol–water partition coefficient (Wildman–Crippen LogP) is 1.91. The van der Waals surface area contributed by atoms with Crippen LogP contribution in [0.4, 0.5) is 0 Å². The topological polar surface area (TPSA) is 64.3 Å². The van der Waals surface area contributed by atoms with Gasteiger partial charge in [-0.05, 0) is 18.4 Å². The van der Waals surface area contributed by atoms with Crippen molar-refractivity contribution in [3.8, 4) is 0 Å². The lowest BCUT2D eigenvalue weighted by Gasteiger charge is -2.12. The van der Waals surface area contributed by atoms with Crippen molar-refractivity contribution in [2.45, 2.75) is 32.2 Å². The number of nitrogens with two attached hydrogens (primary N) is 1. The molecule has 114 valence electrons. The van der Waals surface area contributed by atoms with Gasteiger partial charge >= 0.3 is 0 Å². The molecule has 5 heteroatoms. The molecule has 0 radical (unpaired) electrons. The molecule has 1 rings (SSSR count). The standard InChI is InChI=1S/C15H24N2O2.ClH/c1-2-3-10-19-11-9-17-15(18)14(16)12-13-7-5-4-6-8-13;/h4-8,14H,2-3,9-12,16H2,1H3,(H,17,18);1H. The molecule has 0 spiro atoms. The maximum atomic E-state index is 11.7. The van der Waals surface area contributed by atoms with Crippen LogP contribution in [-0.2, 0) is 16.0 Å². The third-order valence-corrected chi connectivity index (χ3v) is 2.82. The second-order valence-corrected chi connectivity index (χ2v) is 4.55. The third-order valence-electron chi connectivity index (χ3n) is 2.82. The Bertz CT molecular complexity index is 360. The van der Waals surface area contributed by atoms with Gasteiger partial charge in [-0.2, -0.15) is 0 Å². The van der Waals surface area contributed by atoms with Crippen molar-refractivity contribution in [2.75, 3.05) is 19.8 Å². The minimum Gasteiger partial charge on any atom is -0.380 e. The van der Waals surface area contributed by atoms with Crippen molar-refractivity contribution in [1.82, 2.24) is 5.32 Å². The van der Waals surface area contributed by atoms with Crippen molar-refractivity contribution in [1.29, 1.82) is 0 Å². The SMILES string of the molecule is CCCCOCCNC(=O)C(N)Cc1ccccc1.Cl. The number of ether oxygens (including phenoxy) is 1. The maximum Gasteiger partial charge on any atom is 0.237 e. The predicted molar refractivity (Wildman–Crippen MR) is 84.1 cm³/mol. The lowest BCUT2D eigenvalue weighted by atomic mass is 10.1. The molecule has 0 aromatic heterocycles. The van der Waals surface area contributed by atoms with E-state index in [9.17, 15) is 4.79 Å². The monoisotopic (exact) mass is 300 g/mol. The highest BCUT2D eigenvalue weighted by atomic mass is 35.5. The van der Waals surface area contributed by atoms with Crippen LogP contribution in [0.1, 0.15) is 25.3 Å². The smallest absolute Gasteiger partial charge is 0.237 e. The van der Waals surface area contributed by atoms with Crippen molar-refractivity contribution < 1.29 is 9.53 Å². The Morgan fingerprint density at radius 1 is 1.30 bits per heavy atom. The quantitative estimate of drug-likeness (QED) is 0.685. The maximum absolute atomic E-state index is 11.7. The van der Waals surface area contributed by atoms with E-state index in [1.54, 1.807) is 0 Å². The Morgan fingerprint density at radius 2 is 2.00 bits per heavy atom. The Hall–Kier alpha value is -1.10. The van der Waals surface area contributed by atoms with Crippen molar-refractivity contribution in [3.63, 3.8) is 0 Å². The number of nitrogens with one attached hydrogen (secondary N) is 1. The summed E-state index contributed by atoms with van der Waals surface area (Å²) in [5.41, 5.74) is 6.93. The Morgan fingerprint density at radius 3 is 2.65 bits per heavy atom. The van der Waals surface area contributed by atoms with E-state index < -0.39 is 6.04 Å². The van der Waals surface area contributed by atoms with Gasteiger partial charge in [0.05, 0.1) is 12.6 Å². The summed E-state index contributed by atoms with van der Waals surface area (Å²) < 4.78 is 5.37. The molecular weight excluding hydrogens is 276 g/mol. The van der Waals surface area contributed by atoms with Gasteiger partial charge in [0.15, 0.2) is 0 Å². The minimum atomic E-state index is -0.502. The lowest BCUT2D eigenvalue weighted by Crippen LogP contribution is -2.43. The number of halogens is 1. The molecule has 4 nitrogen and oxygen atoms in total. The molecule has 1 unspecified atom stereocenters. The highest BCUT2D eigenvalue weighted by molar-refractivity contribution is 5.85. The second kappa shape index (κ2) is 11.7. The van der Waals surface area contributed by atoms with Crippen LogP contribution in [0.15, 0.2) is 30.3 Å². The summed E-state index contributed by atoms with van der Waals surface area (Å²) in [6.45, 7) is 3.94. The van der Waals surface area contributed by atoms with E-state index in [1.807, 2.05) is 30.3 Å². The number of benzene rings is 1. The number of unbranched alkanes of at least 4 members (excludes halogenated alkanes) is 1. The van der Waals surface area contributed by atoms with Crippen LogP contribution < -0.4 is 11.1 Å². The van der Waals surface area contributed by atoms with Crippen LogP contribution in [0, 0.1) is 0 Å². The Labute approximate surface area is 127 Å². The number of hydrogen-bond donors (Lipinski definition) is 2. The van der Waals surface area contributed by atoms with Gasteiger partial charge in [0.25, 0.3) is 0 Å². The zero-order chi connectivity index (χ0) is 13.9. The van der Waals surface area contributed by atoms with Crippen molar-refractivity contribution >= 4 is 18.3 Å². The molecule has 3 N–H and O–H groups in total. The summed E-state index contributed by atoms with van der Waals surface area (Å²) in [4.78, 5) is 11.7. The largest absolute Gasteiger partial charge is 0.380 e. The Kier molecular flexibility index (Phi) is 11.1. The first-order valence-electron chi connectivity index (χ1n) is 6.89. The van der Waals surface area contributed by atoms with Gasteiger partial charge in [-0.15, -0.1) is 12.4 Å². The molecule has 0 fully saturated rings. The van der Waals surface area contributed by atoms with Gasteiger partial charge in [-0.25, -0.2) is 0 Å². The van der Waals surface area contributed by atoms with E-state index in [0.29, 0.717) is 19.6 Å². The summed E-state index contributed by atoms with van der Waals surface area (Å²) in [5, 5.41) is 2.79. The van der Waals surface area contributed by atoms with Crippen molar-refractivity contribution in [3.05, 3.63) is 35.9 Å². The van der Waals surface area contributed by atoms with E-state index in [1.165, 1.54) is 0 Å². The first-order chi connectivity index (χ1) is 9.24. The molecule has 0 aliphatic rings. The summed E-state index contributed by atoms with van der Waals surface area (Å²) in [6, 6.07) is 9.28. The number of hydrogen-bond acceptors (Lipinski definition) is 3. The van der Waals surface area contributed by atoms with Crippen LogP contribution in [0.3, 0.4) is 0 Å². The molecular formula is C15H25ClN2O2. The van der Waals surface area contributed by atoms with Gasteiger partial charge in [-0.3, -0.25) is 4.79 Å². The van der Waals surface area contributed by atoms with Gasteiger partial charge < -0.3 is 15.8 Å². The number of amides is 1. The van der Waals surface area contributed by atoms with Gasteiger partial charge in [0, 0.05) is 13.2 Å².